The second-order valence-electron chi connectivity index (χ2n) is 6.32. The van der Waals surface area contributed by atoms with Gasteiger partial charge in [0.1, 0.15) is 0 Å². The first-order valence-electron chi connectivity index (χ1n) is 7.80. The summed E-state index contributed by atoms with van der Waals surface area (Å²) in [5.41, 5.74) is 0. The molecule has 2 N–H and O–H groups in total. The van der Waals surface area contributed by atoms with Crippen LogP contribution in [0.1, 0.15) is 32.6 Å². The van der Waals surface area contributed by atoms with E-state index in [-0.39, 0.29) is 11.8 Å². The Morgan fingerprint density at radius 2 is 2.00 bits per heavy atom. The first-order valence-corrected chi connectivity index (χ1v) is 7.80. The zero-order valence-electron chi connectivity index (χ0n) is 12.7. The van der Waals surface area contributed by atoms with Gasteiger partial charge in [0, 0.05) is 38.7 Å². The highest BCUT2D eigenvalue weighted by molar-refractivity contribution is 5.79. The van der Waals surface area contributed by atoms with E-state index >= 15 is 0 Å². The summed E-state index contributed by atoms with van der Waals surface area (Å²) in [5, 5.41) is 12.9. The summed E-state index contributed by atoms with van der Waals surface area (Å²) in [5.74, 6) is 1.03. The molecule has 1 amide bonds. The summed E-state index contributed by atoms with van der Waals surface area (Å²) in [6.07, 6.45) is 3.96. The van der Waals surface area contributed by atoms with E-state index in [0.717, 1.165) is 25.9 Å². The number of methoxy groups -OCH3 is 1. The average Bonchev–Trinajstić information content (AvgIpc) is 3.25. The Morgan fingerprint density at radius 1 is 1.35 bits per heavy atom. The Bertz CT molecular complexity index is 312. The Labute approximate surface area is 121 Å². The number of hydrogen-bond acceptors (Lipinski definition) is 4. The van der Waals surface area contributed by atoms with Crippen LogP contribution in [0.2, 0.25) is 0 Å². The van der Waals surface area contributed by atoms with Gasteiger partial charge in [-0.15, -0.1) is 0 Å². The van der Waals surface area contributed by atoms with Crippen LogP contribution in [0.5, 0.6) is 0 Å². The molecule has 5 nitrogen and oxygen atoms in total. The molecule has 1 aliphatic heterocycles. The predicted molar refractivity (Wildman–Crippen MR) is 77.4 cm³/mol. The van der Waals surface area contributed by atoms with Crippen LogP contribution in [0.15, 0.2) is 0 Å². The van der Waals surface area contributed by atoms with Crippen LogP contribution in [0.25, 0.3) is 0 Å². The van der Waals surface area contributed by atoms with Crippen molar-refractivity contribution in [2.45, 2.75) is 44.8 Å². The molecule has 116 valence electrons. The number of β-amino-alcohol motifs (C(OH)–C–C–N with tert-alkyl or cyclic N) is 1. The number of rotatable bonds is 7. The number of likely N-dealkylation sites (tertiary alicyclic amines) is 1. The quantitative estimate of drug-likeness (QED) is 0.719. The van der Waals surface area contributed by atoms with Gasteiger partial charge in [0.25, 0.3) is 0 Å². The Morgan fingerprint density at radius 3 is 2.55 bits per heavy atom. The largest absolute Gasteiger partial charge is 0.389 e. The van der Waals surface area contributed by atoms with Crippen molar-refractivity contribution in [3.05, 3.63) is 0 Å². The maximum absolute atomic E-state index is 12.1. The van der Waals surface area contributed by atoms with Gasteiger partial charge in [0.2, 0.25) is 5.91 Å². The zero-order valence-corrected chi connectivity index (χ0v) is 12.7. The van der Waals surface area contributed by atoms with Gasteiger partial charge in [0.05, 0.1) is 12.7 Å². The molecule has 0 aromatic heterocycles. The molecule has 1 saturated carbocycles. The smallest absolute Gasteiger partial charge is 0.223 e. The molecule has 2 aliphatic rings. The number of hydrogen-bond donors (Lipinski definition) is 2. The third-order valence-corrected chi connectivity index (χ3v) is 4.50. The molecule has 2 fully saturated rings. The van der Waals surface area contributed by atoms with Crippen LogP contribution in [0.3, 0.4) is 0 Å². The summed E-state index contributed by atoms with van der Waals surface area (Å²) in [4.78, 5) is 14.3. The van der Waals surface area contributed by atoms with Crippen LogP contribution >= 0.6 is 0 Å². The SMILES string of the molecule is COCC(O)CN1CCC(NC(=O)C(C)C2CC2)CC1. The topological polar surface area (TPSA) is 61.8 Å². The third-order valence-electron chi connectivity index (χ3n) is 4.50. The van der Waals surface area contributed by atoms with Crippen LogP contribution in [-0.4, -0.2) is 61.4 Å². The van der Waals surface area contributed by atoms with Crippen molar-refractivity contribution in [1.82, 2.24) is 10.2 Å². The normalized spacial score (nSPS) is 24.4. The monoisotopic (exact) mass is 284 g/mol. The fraction of sp³-hybridized carbons (Fsp3) is 0.933. The van der Waals surface area contributed by atoms with Gasteiger partial charge in [-0.05, 0) is 31.6 Å². The van der Waals surface area contributed by atoms with Gasteiger partial charge >= 0.3 is 0 Å². The number of nitrogens with zero attached hydrogens (tertiary/aromatic N) is 1. The number of aliphatic hydroxyl groups is 1. The minimum atomic E-state index is -0.416. The van der Waals surface area contributed by atoms with E-state index in [9.17, 15) is 9.90 Å². The van der Waals surface area contributed by atoms with E-state index in [4.69, 9.17) is 4.74 Å². The van der Waals surface area contributed by atoms with Gasteiger partial charge in [-0.3, -0.25) is 4.79 Å². The molecular formula is C15H28N2O3. The molecule has 0 aromatic carbocycles. The van der Waals surface area contributed by atoms with Gasteiger partial charge < -0.3 is 20.1 Å². The molecule has 1 heterocycles. The lowest BCUT2D eigenvalue weighted by Gasteiger charge is -2.33. The molecule has 0 bridgehead atoms. The number of carbonyl (C=O) groups is 1. The molecule has 0 spiro atoms. The fourth-order valence-electron chi connectivity index (χ4n) is 2.95. The van der Waals surface area contributed by atoms with Crippen molar-refractivity contribution in [3.63, 3.8) is 0 Å². The van der Waals surface area contributed by atoms with Crippen molar-refractivity contribution in [1.29, 1.82) is 0 Å². The zero-order chi connectivity index (χ0) is 14.5. The Balaban J connectivity index is 1.64. The van der Waals surface area contributed by atoms with Gasteiger partial charge in [-0.2, -0.15) is 0 Å². The van der Waals surface area contributed by atoms with Crippen LogP contribution in [0, 0.1) is 11.8 Å². The molecule has 1 aliphatic carbocycles. The minimum absolute atomic E-state index is 0.177. The maximum Gasteiger partial charge on any atom is 0.223 e. The fourth-order valence-corrected chi connectivity index (χ4v) is 2.95. The lowest BCUT2D eigenvalue weighted by Crippen LogP contribution is -2.48. The maximum atomic E-state index is 12.1. The van der Waals surface area contributed by atoms with E-state index in [1.54, 1.807) is 7.11 Å². The number of ether oxygens (including phenoxy) is 1. The average molecular weight is 284 g/mol. The second-order valence-corrected chi connectivity index (χ2v) is 6.32. The number of aliphatic hydroxyl groups excluding tert-OH is 1. The number of piperidine rings is 1. The van der Waals surface area contributed by atoms with Gasteiger partial charge in [0.15, 0.2) is 0 Å². The highest BCUT2D eigenvalue weighted by Crippen LogP contribution is 2.36. The molecule has 2 atom stereocenters. The highest BCUT2D eigenvalue weighted by atomic mass is 16.5. The summed E-state index contributed by atoms with van der Waals surface area (Å²) in [7, 11) is 1.60. The van der Waals surface area contributed by atoms with E-state index < -0.39 is 6.10 Å². The molecule has 0 aromatic rings. The van der Waals surface area contributed by atoms with Crippen LogP contribution in [0.4, 0.5) is 0 Å². The standard InChI is InChI=1S/C15H28N2O3/c1-11(12-3-4-12)15(19)16-13-5-7-17(8-6-13)9-14(18)10-20-2/h11-14,18H,3-10H2,1-2H3,(H,16,19). The molecule has 1 saturated heterocycles. The predicted octanol–water partition coefficient (Wildman–Crippen LogP) is 0.620. The first-order chi connectivity index (χ1) is 9.60. The van der Waals surface area contributed by atoms with E-state index in [1.807, 2.05) is 6.92 Å². The van der Waals surface area contributed by atoms with Crippen molar-refractivity contribution in [2.75, 3.05) is 33.4 Å². The third kappa shape index (κ3) is 4.72. The van der Waals surface area contributed by atoms with Crippen molar-refractivity contribution >= 4 is 5.91 Å². The van der Waals surface area contributed by atoms with Crippen molar-refractivity contribution in [2.24, 2.45) is 11.8 Å². The summed E-state index contributed by atoms with van der Waals surface area (Å²) < 4.78 is 4.94. The number of carbonyl (C=O) groups excluding carboxylic acids is 1. The van der Waals surface area contributed by atoms with Crippen molar-refractivity contribution in [3.8, 4) is 0 Å². The van der Waals surface area contributed by atoms with E-state index in [1.165, 1.54) is 12.8 Å². The molecule has 0 radical (unpaired) electrons. The number of amides is 1. The summed E-state index contributed by atoms with van der Waals surface area (Å²) >= 11 is 0. The highest BCUT2D eigenvalue weighted by Gasteiger charge is 2.33. The van der Waals surface area contributed by atoms with Gasteiger partial charge in [-0.1, -0.05) is 6.92 Å². The van der Waals surface area contributed by atoms with E-state index in [2.05, 4.69) is 10.2 Å². The van der Waals surface area contributed by atoms with Crippen LogP contribution < -0.4 is 5.32 Å². The Kier molecular flexibility index (Phi) is 5.81. The van der Waals surface area contributed by atoms with Crippen molar-refractivity contribution < 1.29 is 14.6 Å². The molecule has 2 unspecified atom stereocenters. The first kappa shape index (κ1) is 15.7. The van der Waals surface area contributed by atoms with Gasteiger partial charge in [-0.25, -0.2) is 0 Å². The molecular weight excluding hydrogens is 256 g/mol. The minimum Gasteiger partial charge on any atom is -0.389 e. The van der Waals surface area contributed by atoms with E-state index in [0.29, 0.717) is 25.1 Å². The lowest BCUT2D eigenvalue weighted by atomic mass is 10.0. The second kappa shape index (κ2) is 7.38. The summed E-state index contributed by atoms with van der Waals surface area (Å²) in [6, 6.07) is 0.305. The number of nitrogens with one attached hydrogen (secondary N) is 1. The lowest BCUT2D eigenvalue weighted by molar-refractivity contribution is -0.126. The summed E-state index contributed by atoms with van der Waals surface area (Å²) in [6.45, 7) is 4.96. The Hall–Kier alpha value is -0.650. The molecule has 2 rings (SSSR count). The van der Waals surface area contributed by atoms with Crippen LogP contribution in [-0.2, 0) is 9.53 Å². The molecule has 20 heavy (non-hydrogen) atoms. The molecule has 5 heteroatoms.